The number of nitrogens with zero attached hydrogens (tertiary/aromatic N) is 1. The van der Waals surface area contributed by atoms with Crippen molar-refractivity contribution in [1.29, 1.82) is 0 Å². The van der Waals surface area contributed by atoms with Crippen LogP contribution in [0.2, 0.25) is 0 Å². The molecule has 3 nitrogen and oxygen atoms in total. The molecule has 0 aliphatic heterocycles. The molecule has 0 atom stereocenters. The Morgan fingerprint density at radius 3 is 2.07 bits per heavy atom. The van der Waals surface area contributed by atoms with Gasteiger partial charge in [-0.1, -0.05) is 0 Å². The molecule has 4 heteroatoms. The van der Waals surface area contributed by atoms with Crippen molar-refractivity contribution >= 4 is 18.6 Å². The van der Waals surface area contributed by atoms with E-state index in [0.717, 1.165) is 30.7 Å². The van der Waals surface area contributed by atoms with Gasteiger partial charge in [0.1, 0.15) is 13.2 Å². The van der Waals surface area contributed by atoms with Crippen LogP contribution in [0.1, 0.15) is 20.8 Å². The Bertz CT molecular complexity index is 161. The molecule has 0 spiro atoms. The molecular weight excluding hydrogens is 198 g/mol. The van der Waals surface area contributed by atoms with E-state index in [9.17, 15) is 4.79 Å². The zero-order valence-corrected chi connectivity index (χ0v) is 10.3. The highest BCUT2D eigenvalue weighted by molar-refractivity contribution is 7.81. The number of rotatable bonds is 7. The lowest BCUT2D eigenvalue weighted by Gasteiger charge is -2.35. The van der Waals surface area contributed by atoms with Crippen LogP contribution in [-0.4, -0.2) is 49.0 Å². The molecule has 0 rings (SSSR count). The van der Waals surface area contributed by atoms with Gasteiger partial charge in [0.2, 0.25) is 0 Å². The first-order valence-electron chi connectivity index (χ1n) is 5.25. The summed E-state index contributed by atoms with van der Waals surface area (Å²) in [6.07, 6.45) is 0. The van der Waals surface area contributed by atoms with E-state index in [0.29, 0.717) is 6.61 Å². The van der Waals surface area contributed by atoms with Crippen LogP contribution >= 0.6 is 12.6 Å². The lowest BCUT2D eigenvalue weighted by Crippen LogP contribution is -2.49. The minimum Gasteiger partial charge on any atom is -0.459 e. The fourth-order valence-corrected chi connectivity index (χ4v) is 1.64. The van der Waals surface area contributed by atoms with Gasteiger partial charge in [0.15, 0.2) is 0 Å². The Morgan fingerprint density at radius 2 is 1.71 bits per heavy atom. The molecule has 14 heavy (non-hydrogen) atoms. The summed E-state index contributed by atoms with van der Waals surface area (Å²) in [6.45, 7) is 11.2. The van der Waals surface area contributed by atoms with Gasteiger partial charge < -0.3 is 9.22 Å². The number of carbonyl (C=O) groups excluding carboxylic acids is 1. The minimum absolute atomic E-state index is 0.171. The second-order valence-electron chi connectivity index (χ2n) is 3.39. The highest BCUT2D eigenvalue weighted by Gasteiger charge is 2.20. The molecule has 0 bridgehead atoms. The molecule has 0 saturated heterocycles. The average Bonchev–Trinajstić information content (AvgIpc) is 2.25. The second kappa shape index (κ2) is 7.12. The first-order chi connectivity index (χ1) is 6.64. The van der Waals surface area contributed by atoms with Crippen LogP contribution in [-0.2, 0) is 9.53 Å². The smallest absolute Gasteiger partial charge is 0.315 e. The fourth-order valence-electron chi connectivity index (χ4n) is 1.54. The lowest BCUT2D eigenvalue weighted by molar-refractivity contribution is -0.923. The monoisotopic (exact) mass is 220 g/mol. The van der Waals surface area contributed by atoms with Gasteiger partial charge in [-0.05, 0) is 20.8 Å². The van der Waals surface area contributed by atoms with E-state index in [1.807, 2.05) is 0 Å². The van der Waals surface area contributed by atoms with Gasteiger partial charge in [0, 0.05) is 0 Å². The second-order valence-corrected chi connectivity index (χ2v) is 3.71. The zero-order chi connectivity index (χ0) is 11.0. The first-order valence-corrected chi connectivity index (χ1v) is 5.89. The van der Waals surface area contributed by atoms with Gasteiger partial charge in [-0.2, -0.15) is 12.6 Å². The maximum Gasteiger partial charge on any atom is 0.315 e. The number of hydrogen-bond donors (Lipinski definition) is 1. The van der Waals surface area contributed by atoms with Crippen LogP contribution in [0.5, 0.6) is 0 Å². The molecule has 0 unspecified atom stereocenters. The van der Waals surface area contributed by atoms with Crippen molar-refractivity contribution < 1.29 is 14.0 Å². The largest absolute Gasteiger partial charge is 0.459 e. The van der Waals surface area contributed by atoms with Crippen LogP contribution in [0.4, 0.5) is 0 Å². The molecule has 0 aromatic heterocycles. The summed E-state index contributed by atoms with van der Waals surface area (Å²) in [5.41, 5.74) is 0. The highest BCUT2D eigenvalue weighted by atomic mass is 32.1. The molecule has 84 valence electrons. The fraction of sp³-hybridized carbons (Fsp3) is 0.900. The van der Waals surface area contributed by atoms with E-state index in [-0.39, 0.29) is 11.7 Å². The molecule has 0 aliphatic rings. The topological polar surface area (TPSA) is 26.3 Å². The zero-order valence-electron chi connectivity index (χ0n) is 9.45. The van der Waals surface area contributed by atoms with Crippen LogP contribution in [0, 0.1) is 0 Å². The summed E-state index contributed by atoms with van der Waals surface area (Å²) in [4.78, 5) is 10.9. The summed E-state index contributed by atoms with van der Waals surface area (Å²) >= 11 is 3.85. The molecule has 0 N–H and O–H groups in total. The van der Waals surface area contributed by atoms with Crippen molar-refractivity contribution in [1.82, 2.24) is 0 Å². The van der Waals surface area contributed by atoms with E-state index >= 15 is 0 Å². The summed E-state index contributed by atoms with van der Waals surface area (Å²) < 4.78 is 6.03. The van der Waals surface area contributed by atoms with Crippen molar-refractivity contribution in [3.8, 4) is 0 Å². The summed E-state index contributed by atoms with van der Waals surface area (Å²) in [7, 11) is 0. The molecule has 0 saturated carbocycles. The molecular formula is C10H22NO2S+. The molecule has 0 aromatic carbocycles. The normalized spacial score (nSPS) is 11.4. The number of likely N-dealkylation sites (N-methyl/N-ethyl adjacent to an activating group) is 1. The third-order valence-corrected chi connectivity index (χ3v) is 3.23. The Morgan fingerprint density at radius 1 is 1.21 bits per heavy atom. The van der Waals surface area contributed by atoms with E-state index in [1.165, 1.54) is 0 Å². The number of hydrogen-bond acceptors (Lipinski definition) is 3. The SMILES string of the molecule is CC[N+](CC)(CC)CCOC(=O)CS. The van der Waals surface area contributed by atoms with Gasteiger partial charge in [0.25, 0.3) is 0 Å². The molecule has 0 aliphatic carbocycles. The summed E-state index contributed by atoms with van der Waals surface area (Å²) in [5, 5.41) is 0. The van der Waals surface area contributed by atoms with Crippen LogP contribution in [0.25, 0.3) is 0 Å². The van der Waals surface area contributed by atoms with Crippen molar-refractivity contribution in [2.24, 2.45) is 0 Å². The molecule has 0 radical (unpaired) electrons. The van der Waals surface area contributed by atoms with Gasteiger partial charge in [-0.15, -0.1) is 0 Å². The van der Waals surface area contributed by atoms with Gasteiger partial charge in [-0.25, -0.2) is 0 Å². The standard InChI is InChI=1S/C10H21NO2S/c1-4-11(5-2,6-3)7-8-13-10(12)9-14/h4-9H2,1-3H3/p+1. The van der Waals surface area contributed by atoms with Gasteiger partial charge >= 0.3 is 5.97 Å². The number of esters is 1. The van der Waals surface area contributed by atoms with E-state index in [4.69, 9.17) is 4.74 Å². The van der Waals surface area contributed by atoms with E-state index in [1.54, 1.807) is 0 Å². The number of ether oxygens (including phenoxy) is 1. The van der Waals surface area contributed by atoms with Crippen molar-refractivity contribution in [3.63, 3.8) is 0 Å². The van der Waals surface area contributed by atoms with Crippen molar-refractivity contribution in [2.45, 2.75) is 20.8 Å². The molecule has 0 amide bonds. The van der Waals surface area contributed by atoms with Gasteiger partial charge in [-0.3, -0.25) is 4.79 Å². The van der Waals surface area contributed by atoms with Crippen LogP contribution < -0.4 is 0 Å². The van der Waals surface area contributed by atoms with Crippen LogP contribution in [0.15, 0.2) is 0 Å². The number of quaternary nitrogens is 1. The maximum absolute atomic E-state index is 10.9. The van der Waals surface area contributed by atoms with Crippen molar-refractivity contribution in [3.05, 3.63) is 0 Å². The Labute approximate surface area is 92.4 Å². The Kier molecular flexibility index (Phi) is 7.01. The maximum atomic E-state index is 10.9. The molecule has 0 heterocycles. The Balaban J connectivity index is 3.88. The average molecular weight is 220 g/mol. The van der Waals surface area contributed by atoms with E-state index in [2.05, 4.69) is 33.4 Å². The first kappa shape index (κ1) is 13.8. The summed E-state index contributed by atoms with van der Waals surface area (Å²) in [6, 6.07) is 0. The number of thiol groups is 1. The third-order valence-electron chi connectivity index (χ3n) is 2.97. The van der Waals surface area contributed by atoms with Gasteiger partial charge in [0.05, 0.1) is 25.4 Å². The molecule has 0 aromatic rings. The lowest BCUT2D eigenvalue weighted by atomic mass is 10.3. The van der Waals surface area contributed by atoms with E-state index < -0.39 is 0 Å². The summed E-state index contributed by atoms with van der Waals surface area (Å²) in [5.74, 6) is -0.0561. The predicted molar refractivity (Wildman–Crippen MR) is 61.6 cm³/mol. The number of carbonyl (C=O) groups is 1. The molecule has 0 fully saturated rings. The predicted octanol–water partition coefficient (Wildman–Crippen LogP) is 1.34. The van der Waals surface area contributed by atoms with Crippen LogP contribution in [0.3, 0.4) is 0 Å². The highest BCUT2D eigenvalue weighted by Crippen LogP contribution is 2.05. The minimum atomic E-state index is -0.227. The quantitative estimate of drug-likeness (QED) is 0.398. The van der Waals surface area contributed by atoms with Crippen molar-refractivity contribution in [2.75, 3.05) is 38.5 Å². The third kappa shape index (κ3) is 4.33. The Hall–Kier alpha value is -0.220.